The minimum absolute atomic E-state index is 0.271. The van der Waals surface area contributed by atoms with E-state index in [1.807, 2.05) is 54.6 Å². The van der Waals surface area contributed by atoms with Gasteiger partial charge in [0.05, 0.1) is 19.3 Å². The summed E-state index contributed by atoms with van der Waals surface area (Å²) < 4.78 is 9.96. The Morgan fingerprint density at radius 2 is 1.58 bits per heavy atom. The van der Waals surface area contributed by atoms with E-state index >= 15 is 0 Å². The minimum atomic E-state index is -0.497. The number of nitrogens with zero attached hydrogens (tertiary/aromatic N) is 1. The van der Waals surface area contributed by atoms with Crippen LogP contribution < -0.4 is 10.6 Å². The maximum atomic E-state index is 12.2. The summed E-state index contributed by atoms with van der Waals surface area (Å²) in [5.74, 6) is 0. The van der Waals surface area contributed by atoms with Crippen LogP contribution in [0.3, 0.4) is 0 Å². The lowest BCUT2D eigenvalue weighted by Crippen LogP contribution is -2.30. The second-order valence-electron chi connectivity index (χ2n) is 7.32. The molecular formula is C25H33N3O5. The number of alkyl carbamates (subject to hydrolysis) is 2. The molecule has 1 atom stereocenters. The third-order valence-electron chi connectivity index (χ3n) is 5.02. The van der Waals surface area contributed by atoms with Gasteiger partial charge in [-0.15, -0.1) is 0 Å². The van der Waals surface area contributed by atoms with E-state index in [4.69, 9.17) is 9.47 Å². The number of nitrogens with one attached hydrogen (secondary N) is 2. The van der Waals surface area contributed by atoms with Crippen molar-refractivity contribution in [1.82, 2.24) is 10.6 Å². The fourth-order valence-electron chi connectivity index (χ4n) is 3.52. The molecule has 0 aliphatic heterocycles. The number of benzene rings is 2. The first-order valence-corrected chi connectivity index (χ1v) is 11.3. The molecular weight excluding hydrogens is 422 g/mol. The van der Waals surface area contributed by atoms with Gasteiger partial charge in [-0.05, 0) is 32.3 Å². The van der Waals surface area contributed by atoms with Crippen LogP contribution in [0.25, 0.3) is 0 Å². The molecule has 8 nitrogen and oxygen atoms in total. The molecule has 0 radical (unpaired) electrons. The molecule has 0 saturated heterocycles. The van der Waals surface area contributed by atoms with E-state index in [1.54, 1.807) is 13.8 Å². The Bertz CT molecular complexity index is 902. The highest BCUT2D eigenvalue weighted by Gasteiger charge is 2.21. The summed E-state index contributed by atoms with van der Waals surface area (Å²) in [6, 6.07) is 16.6. The lowest BCUT2D eigenvalue weighted by Gasteiger charge is -2.22. The van der Waals surface area contributed by atoms with Gasteiger partial charge in [-0.1, -0.05) is 72.6 Å². The fraction of sp³-hybridized carbons (Fsp3) is 0.400. The van der Waals surface area contributed by atoms with Crippen molar-refractivity contribution in [3.63, 3.8) is 0 Å². The van der Waals surface area contributed by atoms with Crippen LogP contribution >= 0.6 is 0 Å². The minimum Gasteiger partial charge on any atom is -0.450 e. The zero-order chi connectivity index (χ0) is 23.9. The predicted molar refractivity (Wildman–Crippen MR) is 127 cm³/mol. The van der Waals surface area contributed by atoms with E-state index in [0.29, 0.717) is 25.3 Å². The van der Waals surface area contributed by atoms with E-state index < -0.39 is 12.2 Å². The average molecular weight is 456 g/mol. The van der Waals surface area contributed by atoms with Gasteiger partial charge in [0.15, 0.2) is 0 Å². The number of oxime groups is 1. The first-order chi connectivity index (χ1) is 16.1. The van der Waals surface area contributed by atoms with Crippen LogP contribution in [0.1, 0.15) is 62.3 Å². The molecule has 178 valence electrons. The van der Waals surface area contributed by atoms with Gasteiger partial charge in [0.1, 0.15) is 5.71 Å². The molecule has 0 aromatic heterocycles. The highest BCUT2D eigenvalue weighted by atomic mass is 16.6. The van der Waals surface area contributed by atoms with Crippen LogP contribution in [0.15, 0.2) is 59.8 Å². The largest absolute Gasteiger partial charge is 0.450 e. The standard InChI is InChI=1S/C25H33N3O5/c1-3-32-24(29)26-18-12-6-9-17-22(27-25(30)33-4-2)20-15-10-11-16-21(20)23(28-31)19-13-7-5-8-14-19/h5,7-8,10-11,13-16,22,31H,3-4,6,9,12,17-18H2,1-2H3,(H,26,29)(H,27,30). The molecule has 33 heavy (non-hydrogen) atoms. The second-order valence-corrected chi connectivity index (χ2v) is 7.32. The Morgan fingerprint density at radius 1 is 0.909 bits per heavy atom. The topological polar surface area (TPSA) is 109 Å². The summed E-state index contributed by atoms with van der Waals surface area (Å²) in [6.07, 6.45) is 2.21. The summed E-state index contributed by atoms with van der Waals surface area (Å²) >= 11 is 0. The number of hydrogen-bond donors (Lipinski definition) is 3. The van der Waals surface area contributed by atoms with E-state index in [0.717, 1.165) is 36.0 Å². The number of rotatable bonds is 12. The number of unbranched alkanes of at least 4 members (excludes halogenated alkanes) is 2. The Hall–Kier alpha value is -3.55. The normalized spacial score (nSPS) is 12.0. The molecule has 0 fully saturated rings. The summed E-state index contributed by atoms with van der Waals surface area (Å²) in [7, 11) is 0. The van der Waals surface area contributed by atoms with Crippen LogP contribution in [0.4, 0.5) is 9.59 Å². The number of carbonyl (C=O) groups excluding carboxylic acids is 2. The van der Waals surface area contributed by atoms with Gasteiger partial charge in [0, 0.05) is 17.7 Å². The van der Waals surface area contributed by atoms with E-state index in [2.05, 4.69) is 15.8 Å². The Labute approximate surface area is 195 Å². The van der Waals surface area contributed by atoms with Crippen molar-refractivity contribution in [2.75, 3.05) is 19.8 Å². The van der Waals surface area contributed by atoms with Gasteiger partial charge in [0.2, 0.25) is 0 Å². The molecule has 3 N–H and O–H groups in total. The van der Waals surface area contributed by atoms with Crippen LogP contribution in [0.2, 0.25) is 0 Å². The Kier molecular flexibility index (Phi) is 11.3. The van der Waals surface area contributed by atoms with E-state index in [9.17, 15) is 14.8 Å². The van der Waals surface area contributed by atoms with Gasteiger partial charge in [-0.25, -0.2) is 9.59 Å². The Balaban J connectivity index is 2.14. The molecule has 0 bridgehead atoms. The lowest BCUT2D eigenvalue weighted by atomic mass is 9.91. The molecule has 2 aromatic rings. The van der Waals surface area contributed by atoms with Gasteiger partial charge in [0.25, 0.3) is 0 Å². The molecule has 0 heterocycles. The van der Waals surface area contributed by atoms with Gasteiger partial charge in [-0.3, -0.25) is 0 Å². The first-order valence-electron chi connectivity index (χ1n) is 11.3. The number of amides is 2. The smallest absolute Gasteiger partial charge is 0.407 e. The molecule has 0 aliphatic carbocycles. The van der Waals surface area contributed by atoms with Crippen molar-refractivity contribution >= 4 is 17.9 Å². The van der Waals surface area contributed by atoms with Crippen molar-refractivity contribution in [1.29, 1.82) is 0 Å². The molecule has 1 unspecified atom stereocenters. The average Bonchev–Trinajstić information content (AvgIpc) is 2.82. The van der Waals surface area contributed by atoms with Gasteiger partial charge < -0.3 is 25.3 Å². The number of hydrogen-bond acceptors (Lipinski definition) is 6. The quantitative estimate of drug-likeness (QED) is 0.180. The van der Waals surface area contributed by atoms with Crippen molar-refractivity contribution in [3.8, 4) is 0 Å². The third-order valence-corrected chi connectivity index (χ3v) is 5.02. The maximum Gasteiger partial charge on any atom is 0.407 e. The molecule has 0 aliphatic rings. The summed E-state index contributed by atoms with van der Waals surface area (Å²) in [5.41, 5.74) is 2.77. The second kappa shape index (κ2) is 14.5. The Morgan fingerprint density at radius 3 is 2.27 bits per heavy atom. The molecule has 2 amide bonds. The van der Waals surface area contributed by atoms with Crippen molar-refractivity contribution in [3.05, 3.63) is 71.3 Å². The summed E-state index contributed by atoms with van der Waals surface area (Å²) in [6.45, 7) is 4.66. The lowest BCUT2D eigenvalue weighted by molar-refractivity contribution is 0.146. The number of ether oxygens (including phenoxy) is 2. The van der Waals surface area contributed by atoms with Crippen molar-refractivity contribution in [2.45, 2.75) is 45.6 Å². The zero-order valence-corrected chi connectivity index (χ0v) is 19.3. The fourth-order valence-corrected chi connectivity index (χ4v) is 3.52. The van der Waals surface area contributed by atoms with Crippen molar-refractivity contribution in [2.24, 2.45) is 5.16 Å². The third kappa shape index (κ3) is 8.48. The van der Waals surface area contributed by atoms with Gasteiger partial charge >= 0.3 is 12.2 Å². The van der Waals surface area contributed by atoms with Crippen LogP contribution in [0.5, 0.6) is 0 Å². The highest BCUT2D eigenvalue weighted by molar-refractivity contribution is 6.13. The molecule has 8 heteroatoms. The molecule has 2 aromatic carbocycles. The first kappa shape index (κ1) is 25.7. The zero-order valence-electron chi connectivity index (χ0n) is 19.3. The summed E-state index contributed by atoms with van der Waals surface area (Å²) in [5, 5.41) is 19.0. The van der Waals surface area contributed by atoms with Crippen LogP contribution in [0, 0.1) is 0 Å². The summed E-state index contributed by atoms with van der Waals surface area (Å²) in [4.78, 5) is 23.6. The van der Waals surface area contributed by atoms with Crippen LogP contribution in [-0.4, -0.2) is 42.9 Å². The van der Waals surface area contributed by atoms with Gasteiger partial charge in [-0.2, -0.15) is 0 Å². The molecule has 0 saturated carbocycles. The SMILES string of the molecule is CCOC(=O)NCCCCCC(NC(=O)OCC)c1ccccc1C(=NO)c1ccccc1. The highest BCUT2D eigenvalue weighted by Crippen LogP contribution is 2.26. The molecule has 0 spiro atoms. The maximum absolute atomic E-state index is 12.2. The van der Waals surface area contributed by atoms with Crippen LogP contribution in [-0.2, 0) is 9.47 Å². The van der Waals surface area contributed by atoms with E-state index in [-0.39, 0.29) is 12.6 Å². The molecule has 2 rings (SSSR count). The monoisotopic (exact) mass is 455 g/mol. The predicted octanol–water partition coefficient (Wildman–Crippen LogP) is 5.01. The van der Waals surface area contributed by atoms with E-state index in [1.165, 1.54) is 0 Å². The number of carbonyl (C=O) groups is 2. The van der Waals surface area contributed by atoms with Crippen molar-refractivity contribution < 1.29 is 24.3 Å².